The smallest absolute Gasteiger partial charge is 0.416 e. The molecule has 0 saturated heterocycles. The molecule has 29 heavy (non-hydrogen) atoms. The standard InChI is InChI=1S/C18H12ClF6NO3/c1-9(15(27)26-14-4-2-13(19)3-5-14)29-16(28)10-6-11(17(20,21)22)8-12(7-10)18(23,24)25/h2-9H,1H3,(H,26,27). The van der Waals surface area contributed by atoms with Crippen LogP contribution in [0.25, 0.3) is 0 Å². The number of amides is 1. The summed E-state index contributed by atoms with van der Waals surface area (Å²) in [5, 5.41) is 2.76. The lowest BCUT2D eigenvalue weighted by Gasteiger charge is -2.16. The largest absolute Gasteiger partial charge is 0.449 e. The SMILES string of the molecule is CC(OC(=O)c1cc(C(F)(F)F)cc(C(F)(F)F)c1)C(=O)Nc1ccc(Cl)cc1. The zero-order valence-electron chi connectivity index (χ0n) is 14.5. The van der Waals surface area contributed by atoms with Gasteiger partial charge in [-0.3, -0.25) is 4.79 Å². The van der Waals surface area contributed by atoms with Crippen LogP contribution in [-0.2, 0) is 21.9 Å². The Labute approximate surface area is 165 Å². The van der Waals surface area contributed by atoms with Gasteiger partial charge in [-0.25, -0.2) is 4.79 Å². The molecule has 0 aliphatic carbocycles. The molecular weight excluding hydrogens is 428 g/mol. The molecular formula is C18H12ClF6NO3. The third kappa shape index (κ3) is 6.11. The summed E-state index contributed by atoms with van der Waals surface area (Å²) in [5.74, 6) is -2.36. The van der Waals surface area contributed by atoms with E-state index in [1.165, 1.54) is 24.3 Å². The molecule has 0 heterocycles. The number of rotatable bonds is 4. The molecule has 0 bridgehead atoms. The number of hydrogen-bond donors (Lipinski definition) is 1. The molecule has 0 aliphatic heterocycles. The second-order valence-corrected chi connectivity index (χ2v) is 6.27. The van der Waals surface area contributed by atoms with Crippen LogP contribution in [0.5, 0.6) is 0 Å². The van der Waals surface area contributed by atoms with Crippen molar-refractivity contribution in [3.63, 3.8) is 0 Å². The number of hydrogen-bond acceptors (Lipinski definition) is 3. The van der Waals surface area contributed by atoms with Crippen LogP contribution in [0.3, 0.4) is 0 Å². The van der Waals surface area contributed by atoms with E-state index >= 15 is 0 Å². The van der Waals surface area contributed by atoms with Gasteiger partial charge in [0.05, 0.1) is 16.7 Å². The van der Waals surface area contributed by atoms with Gasteiger partial charge in [0, 0.05) is 10.7 Å². The summed E-state index contributed by atoms with van der Waals surface area (Å²) in [6.07, 6.45) is -11.7. The van der Waals surface area contributed by atoms with E-state index in [2.05, 4.69) is 5.32 Å². The normalized spacial score (nSPS) is 13.0. The number of anilines is 1. The molecule has 0 aromatic heterocycles. The van der Waals surface area contributed by atoms with Crippen molar-refractivity contribution in [3.8, 4) is 0 Å². The van der Waals surface area contributed by atoms with Crippen molar-refractivity contribution in [2.24, 2.45) is 0 Å². The summed E-state index contributed by atoms with van der Waals surface area (Å²) in [6.45, 7) is 1.11. The number of carbonyl (C=O) groups is 2. The summed E-state index contributed by atoms with van der Waals surface area (Å²) in [5.41, 5.74) is -4.03. The Kier molecular flexibility index (Phi) is 6.46. The van der Waals surface area contributed by atoms with Gasteiger partial charge in [0.1, 0.15) is 0 Å². The van der Waals surface area contributed by atoms with Crippen molar-refractivity contribution in [1.82, 2.24) is 0 Å². The average Bonchev–Trinajstić information content (AvgIpc) is 2.61. The van der Waals surface area contributed by atoms with E-state index in [0.29, 0.717) is 10.7 Å². The van der Waals surface area contributed by atoms with Crippen molar-refractivity contribution in [3.05, 3.63) is 64.2 Å². The highest BCUT2D eigenvalue weighted by Gasteiger charge is 2.38. The summed E-state index contributed by atoms with van der Waals surface area (Å²) in [4.78, 5) is 24.1. The predicted molar refractivity (Wildman–Crippen MR) is 91.4 cm³/mol. The molecule has 1 unspecified atom stereocenters. The van der Waals surface area contributed by atoms with Crippen molar-refractivity contribution in [1.29, 1.82) is 0 Å². The molecule has 156 valence electrons. The van der Waals surface area contributed by atoms with Gasteiger partial charge >= 0.3 is 18.3 Å². The molecule has 0 saturated carbocycles. The molecule has 0 radical (unpaired) electrons. The average molecular weight is 440 g/mol. The van der Waals surface area contributed by atoms with Gasteiger partial charge in [0.2, 0.25) is 0 Å². The van der Waals surface area contributed by atoms with Crippen LogP contribution in [0, 0.1) is 0 Å². The molecule has 1 amide bonds. The quantitative estimate of drug-likeness (QED) is 0.501. The van der Waals surface area contributed by atoms with Crippen LogP contribution in [0.1, 0.15) is 28.4 Å². The van der Waals surface area contributed by atoms with Crippen LogP contribution in [-0.4, -0.2) is 18.0 Å². The van der Waals surface area contributed by atoms with E-state index in [1.807, 2.05) is 0 Å². The number of benzene rings is 2. The lowest BCUT2D eigenvalue weighted by atomic mass is 10.0. The van der Waals surface area contributed by atoms with Gasteiger partial charge in [-0.15, -0.1) is 0 Å². The second kappa shape index (κ2) is 8.32. The Morgan fingerprint density at radius 2 is 1.41 bits per heavy atom. The lowest BCUT2D eigenvalue weighted by Crippen LogP contribution is -2.30. The topological polar surface area (TPSA) is 55.4 Å². The first-order valence-corrected chi connectivity index (χ1v) is 8.22. The fraction of sp³-hybridized carbons (Fsp3) is 0.222. The Morgan fingerprint density at radius 3 is 1.86 bits per heavy atom. The van der Waals surface area contributed by atoms with Crippen molar-refractivity contribution < 1.29 is 40.7 Å². The van der Waals surface area contributed by atoms with E-state index in [0.717, 1.165) is 6.92 Å². The first kappa shape index (κ1) is 22.5. The van der Waals surface area contributed by atoms with Crippen LogP contribution in [0.2, 0.25) is 5.02 Å². The van der Waals surface area contributed by atoms with E-state index in [9.17, 15) is 35.9 Å². The number of alkyl halides is 6. The fourth-order valence-corrected chi connectivity index (χ4v) is 2.26. The minimum Gasteiger partial charge on any atom is -0.449 e. The van der Waals surface area contributed by atoms with Gasteiger partial charge in [0.15, 0.2) is 6.10 Å². The molecule has 1 atom stereocenters. The molecule has 0 aliphatic rings. The Bertz CT molecular complexity index is 877. The molecule has 2 aromatic rings. The van der Waals surface area contributed by atoms with Crippen LogP contribution < -0.4 is 5.32 Å². The summed E-state index contributed by atoms with van der Waals surface area (Å²) in [6, 6.07) is 6.15. The first-order valence-electron chi connectivity index (χ1n) is 7.84. The first-order chi connectivity index (χ1) is 13.3. The Balaban J connectivity index is 2.20. The van der Waals surface area contributed by atoms with E-state index in [-0.39, 0.29) is 18.2 Å². The highest BCUT2D eigenvalue weighted by molar-refractivity contribution is 6.30. The van der Waals surface area contributed by atoms with Crippen LogP contribution >= 0.6 is 11.6 Å². The maximum absolute atomic E-state index is 12.9. The Hall–Kier alpha value is -2.75. The van der Waals surface area contributed by atoms with E-state index in [1.54, 1.807) is 0 Å². The maximum Gasteiger partial charge on any atom is 0.416 e. The summed E-state index contributed by atoms with van der Waals surface area (Å²) < 4.78 is 81.9. The van der Waals surface area contributed by atoms with Crippen LogP contribution in [0.4, 0.5) is 32.0 Å². The van der Waals surface area contributed by atoms with Gasteiger partial charge in [-0.2, -0.15) is 26.3 Å². The van der Waals surface area contributed by atoms with Crippen molar-refractivity contribution in [2.45, 2.75) is 25.4 Å². The van der Waals surface area contributed by atoms with Crippen molar-refractivity contribution >= 4 is 29.2 Å². The number of esters is 1. The molecule has 4 nitrogen and oxygen atoms in total. The lowest BCUT2D eigenvalue weighted by molar-refractivity contribution is -0.143. The second-order valence-electron chi connectivity index (χ2n) is 5.84. The molecule has 2 aromatic carbocycles. The number of nitrogens with one attached hydrogen (secondary N) is 1. The molecule has 0 spiro atoms. The minimum absolute atomic E-state index is 0.118. The van der Waals surface area contributed by atoms with E-state index in [4.69, 9.17) is 16.3 Å². The number of halogens is 7. The zero-order valence-corrected chi connectivity index (χ0v) is 15.2. The minimum atomic E-state index is -5.12. The Morgan fingerprint density at radius 1 is 0.931 bits per heavy atom. The van der Waals surface area contributed by atoms with Gasteiger partial charge in [0.25, 0.3) is 5.91 Å². The monoisotopic (exact) mass is 439 g/mol. The van der Waals surface area contributed by atoms with Gasteiger partial charge in [-0.05, 0) is 49.4 Å². The molecule has 1 N–H and O–H groups in total. The highest BCUT2D eigenvalue weighted by Crippen LogP contribution is 2.36. The highest BCUT2D eigenvalue weighted by atomic mass is 35.5. The molecule has 0 fully saturated rings. The fourth-order valence-electron chi connectivity index (χ4n) is 2.13. The third-order valence-electron chi connectivity index (χ3n) is 3.59. The van der Waals surface area contributed by atoms with Crippen LogP contribution in [0.15, 0.2) is 42.5 Å². The predicted octanol–water partition coefficient (Wildman–Crippen LogP) is 5.56. The van der Waals surface area contributed by atoms with Crippen molar-refractivity contribution in [2.75, 3.05) is 5.32 Å². The zero-order chi connectivity index (χ0) is 22.0. The summed E-state index contributed by atoms with van der Waals surface area (Å²) in [7, 11) is 0. The van der Waals surface area contributed by atoms with Gasteiger partial charge < -0.3 is 10.1 Å². The van der Waals surface area contributed by atoms with Gasteiger partial charge in [-0.1, -0.05) is 11.6 Å². The molecule has 11 heteroatoms. The number of carbonyl (C=O) groups excluding carboxylic acids is 2. The summed E-state index contributed by atoms with van der Waals surface area (Å²) >= 11 is 5.69. The maximum atomic E-state index is 12.9. The third-order valence-corrected chi connectivity index (χ3v) is 3.84. The van der Waals surface area contributed by atoms with E-state index < -0.39 is 47.0 Å². The molecule has 2 rings (SSSR count). The number of ether oxygens (including phenoxy) is 1.